The quantitative estimate of drug-likeness (QED) is 0.703. The van der Waals surface area contributed by atoms with Crippen LogP contribution in [0.5, 0.6) is 0 Å². The summed E-state index contributed by atoms with van der Waals surface area (Å²) in [5.41, 5.74) is 5.44. The highest BCUT2D eigenvalue weighted by Gasteiger charge is 2.13. The minimum absolute atomic E-state index is 0.843. The predicted octanol–water partition coefficient (Wildman–Crippen LogP) is 3.64. The van der Waals surface area contributed by atoms with Crippen molar-refractivity contribution in [3.05, 3.63) is 47.4 Å². The summed E-state index contributed by atoms with van der Waals surface area (Å²) in [5.74, 6) is 7.40. The second kappa shape index (κ2) is 7.05. The van der Waals surface area contributed by atoms with E-state index < -0.39 is 0 Å². The number of aromatic amines is 1. The smallest absolute Gasteiger partial charge is 0.139 e. The van der Waals surface area contributed by atoms with Crippen LogP contribution in [0.3, 0.4) is 0 Å². The molecule has 0 spiro atoms. The molecule has 3 aromatic heterocycles. The van der Waals surface area contributed by atoms with Gasteiger partial charge in [0.15, 0.2) is 0 Å². The van der Waals surface area contributed by atoms with E-state index in [0.717, 1.165) is 47.5 Å². The lowest BCUT2D eigenvalue weighted by atomic mass is 9.96. The fraction of sp³-hybridized carbons (Fsp3) is 0.364. The molecule has 0 saturated carbocycles. The number of hydrogen-bond acceptors (Lipinski definition) is 4. The molecule has 2 N–H and O–H groups in total. The third kappa shape index (κ3) is 3.41. The SMILES string of the molecule is C(#Cc1cnc2[nH]cc(Nc3ccc4c(n3)CCCC4)c2c1)CN1CCC1. The molecule has 136 valence electrons. The average molecular weight is 357 g/mol. The molecule has 0 amide bonds. The Kier molecular flexibility index (Phi) is 4.27. The van der Waals surface area contributed by atoms with Gasteiger partial charge in [-0.2, -0.15) is 0 Å². The lowest BCUT2D eigenvalue weighted by Crippen LogP contribution is -2.37. The molecule has 0 radical (unpaired) electrons. The monoisotopic (exact) mass is 357 g/mol. The van der Waals surface area contributed by atoms with Crippen LogP contribution in [-0.2, 0) is 12.8 Å². The molecule has 5 nitrogen and oxygen atoms in total. The predicted molar refractivity (Wildman–Crippen MR) is 108 cm³/mol. The summed E-state index contributed by atoms with van der Waals surface area (Å²) >= 11 is 0. The Hall–Kier alpha value is -2.84. The van der Waals surface area contributed by atoms with Gasteiger partial charge in [-0.05, 0) is 49.8 Å². The lowest BCUT2D eigenvalue weighted by molar-refractivity contribution is 0.207. The molecule has 1 fully saturated rings. The fourth-order valence-electron chi connectivity index (χ4n) is 3.76. The molecule has 0 atom stereocenters. The fourth-order valence-corrected chi connectivity index (χ4v) is 3.76. The summed E-state index contributed by atoms with van der Waals surface area (Å²) in [6.07, 6.45) is 9.83. The van der Waals surface area contributed by atoms with Crippen molar-refractivity contribution in [2.24, 2.45) is 0 Å². The largest absolute Gasteiger partial charge is 0.344 e. The van der Waals surface area contributed by atoms with E-state index in [9.17, 15) is 0 Å². The Bertz CT molecular complexity index is 1040. The zero-order valence-electron chi connectivity index (χ0n) is 15.4. The number of likely N-dealkylation sites (tertiary alicyclic amines) is 1. The summed E-state index contributed by atoms with van der Waals surface area (Å²) in [7, 11) is 0. The van der Waals surface area contributed by atoms with E-state index in [1.54, 1.807) is 0 Å². The molecule has 27 heavy (non-hydrogen) atoms. The van der Waals surface area contributed by atoms with E-state index in [1.807, 2.05) is 12.4 Å². The first-order valence-corrected chi connectivity index (χ1v) is 9.79. The molecule has 1 saturated heterocycles. The number of H-pyrrole nitrogens is 1. The zero-order chi connectivity index (χ0) is 18.1. The zero-order valence-corrected chi connectivity index (χ0v) is 15.4. The standard InChI is InChI=1S/C22H23N5/c1-2-7-19-17(6-1)8-9-21(25-19)26-20-15-24-22-18(20)13-16(14-23-22)5-3-10-27-11-4-12-27/h8-9,13-15H,1-2,4,6-7,10-12H2,(H,23,24)(H,25,26). The van der Waals surface area contributed by atoms with Crippen LogP contribution in [-0.4, -0.2) is 39.5 Å². The van der Waals surface area contributed by atoms with Crippen molar-refractivity contribution >= 4 is 22.5 Å². The summed E-state index contributed by atoms with van der Waals surface area (Å²) in [4.78, 5) is 14.9. The molecule has 0 unspecified atom stereocenters. The van der Waals surface area contributed by atoms with Gasteiger partial charge >= 0.3 is 0 Å². The van der Waals surface area contributed by atoms with Gasteiger partial charge in [-0.25, -0.2) is 9.97 Å². The summed E-state index contributed by atoms with van der Waals surface area (Å²) < 4.78 is 0. The van der Waals surface area contributed by atoms with Crippen LogP contribution in [0.4, 0.5) is 11.5 Å². The van der Waals surface area contributed by atoms with E-state index in [2.05, 4.69) is 50.2 Å². The topological polar surface area (TPSA) is 56.8 Å². The summed E-state index contributed by atoms with van der Waals surface area (Å²) in [6, 6.07) is 6.39. The normalized spacial score (nSPS) is 16.3. The van der Waals surface area contributed by atoms with E-state index in [4.69, 9.17) is 4.98 Å². The summed E-state index contributed by atoms with van der Waals surface area (Å²) in [6.45, 7) is 3.19. The van der Waals surface area contributed by atoms with Crippen LogP contribution in [0.25, 0.3) is 11.0 Å². The molecule has 1 aliphatic carbocycles. The second-order valence-corrected chi connectivity index (χ2v) is 7.39. The highest BCUT2D eigenvalue weighted by Crippen LogP contribution is 2.27. The number of hydrogen-bond donors (Lipinski definition) is 2. The van der Waals surface area contributed by atoms with E-state index in [-0.39, 0.29) is 0 Å². The lowest BCUT2D eigenvalue weighted by Gasteiger charge is -2.28. The molecule has 5 rings (SSSR count). The van der Waals surface area contributed by atoms with Crippen molar-refractivity contribution in [3.63, 3.8) is 0 Å². The van der Waals surface area contributed by atoms with Crippen LogP contribution in [0.1, 0.15) is 36.1 Å². The molecule has 0 bridgehead atoms. The van der Waals surface area contributed by atoms with Crippen molar-refractivity contribution in [2.45, 2.75) is 32.1 Å². The number of nitrogens with one attached hydrogen (secondary N) is 2. The van der Waals surface area contributed by atoms with Crippen LogP contribution in [0.2, 0.25) is 0 Å². The second-order valence-electron chi connectivity index (χ2n) is 7.39. The Morgan fingerprint density at radius 1 is 1.15 bits per heavy atom. The first kappa shape index (κ1) is 16.3. The Labute approximate surface area is 159 Å². The molecular weight excluding hydrogens is 334 g/mol. The highest BCUT2D eigenvalue weighted by atomic mass is 15.2. The van der Waals surface area contributed by atoms with Crippen LogP contribution in [0, 0.1) is 11.8 Å². The number of fused-ring (bicyclic) bond motifs is 2. The van der Waals surface area contributed by atoms with Gasteiger partial charge in [0.2, 0.25) is 0 Å². The Balaban J connectivity index is 1.39. The third-order valence-electron chi connectivity index (χ3n) is 5.46. The maximum Gasteiger partial charge on any atom is 0.139 e. The van der Waals surface area contributed by atoms with E-state index >= 15 is 0 Å². The number of pyridine rings is 2. The van der Waals surface area contributed by atoms with Crippen molar-refractivity contribution < 1.29 is 0 Å². The van der Waals surface area contributed by atoms with Crippen molar-refractivity contribution in [1.82, 2.24) is 19.9 Å². The number of anilines is 2. The van der Waals surface area contributed by atoms with Crippen molar-refractivity contribution in [1.29, 1.82) is 0 Å². The Morgan fingerprint density at radius 3 is 2.96 bits per heavy atom. The van der Waals surface area contributed by atoms with E-state index in [0.29, 0.717) is 0 Å². The maximum absolute atomic E-state index is 4.82. The van der Waals surface area contributed by atoms with Gasteiger partial charge in [0.25, 0.3) is 0 Å². The van der Waals surface area contributed by atoms with Gasteiger partial charge in [-0.3, -0.25) is 4.90 Å². The van der Waals surface area contributed by atoms with Crippen LogP contribution >= 0.6 is 0 Å². The van der Waals surface area contributed by atoms with Gasteiger partial charge in [-0.15, -0.1) is 0 Å². The first-order chi connectivity index (χ1) is 13.3. The molecule has 1 aliphatic heterocycles. The first-order valence-electron chi connectivity index (χ1n) is 9.79. The maximum atomic E-state index is 4.82. The van der Waals surface area contributed by atoms with Gasteiger partial charge in [0.05, 0.1) is 12.2 Å². The van der Waals surface area contributed by atoms with Crippen molar-refractivity contribution in [2.75, 3.05) is 25.0 Å². The molecule has 0 aromatic carbocycles. The van der Waals surface area contributed by atoms with Crippen molar-refractivity contribution in [3.8, 4) is 11.8 Å². The third-order valence-corrected chi connectivity index (χ3v) is 5.46. The van der Waals surface area contributed by atoms with Gasteiger partial charge in [-0.1, -0.05) is 17.9 Å². The summed E-state index contributed by atoms with van der Waals surface area (Å²) in [5, 5.41) is 4.50. The number of nitrogens with zero attached hydrogens (tertiary/aromatic N) is 3. The minimum Gasteiger partial charge on any atom is -0.344 e. The molecule has 4 heterocycles. The van der Waals surface area contributed by atoms with Crippen LogP contribution < -0.4 is 5.32 Å². The molecular formula is C22H23N5. The minimum atomic E-state index is 0.843. The Morgan fingerprint density at radius 2 is 2.07 bits per heavy atom. The average Bonchev–Trinajstić information content (AvgIpc) is 3.06. The number of aryl methyl sites for hydroxylation is 2. The molecule has 3 aromatic rings. The van der Waals surface area contributed by atoms with Gasteiger partial charge in [0.1, 0.15) is 11.5 Å². The molecule has 5 heteroatoms. The highest BCUT2D eigenvalue weighted by molar-refractivity contribution is 5.92. The molecule has 2 aliphatic rings. The van der Waals surface area contributed by atoms with E-state index in [1.165, 1.54) is 43.6 Å². The van der Waals surface area contributed by atoms with Gasteiger partial charge in [0, 0.05) is 42.1 Å². The van der Waals surface area contributed by atoms with Crippen LogP contribution in [0.15, 0.2) is 30.6 Å². The van der Waals surface area contributed by atoms with Gasteiger partial charge < -0.3 is 10.3 Å². The number of rotatable bonds is 3. The number of aromatic nitrogens is 3.